The summed E-state index contributed by atoms with van der Waals surface area (Å²) in [5, 5.41) is 2.96. The topological polar surface area (TPSA) is 58.6 Å². The minimum Gasteiger partial charge on any atom is -0.379 e. The zero-order valence-corrected chi connectivity index (χ0v) is 15.0. The van der Waals surface area contributed by atoms with Crippen molar-refractivity contribution in [1.82, 2.24) is 10.2 Å². The number of thiophene rings is 1. The molecule has 1 aliphatic rings. The summed E-state index contributed by atoms with van der Waals surface area (Å²) >= 11 is 1.48. The van der Waals surface area contributed by atoms with Crippen LogP contribution >= 0.6 is 11.3 Å². The number of amides is 1. The first-order valence-electron chi connectivity index (χ1n) is 8.07. The van der Waals surface area contributed by atoms with E-state index in [1.807, 2.05) is 19.1 Å². The van der Waals surface area contributed by atoms with E-state index < -0.39 is 0 Å². The molecule has 5 nitrogen and oxygen atoms in total. The number of ether oxygens (including phenoxy) is 1. The SMILES string of the molecule is Cc1ccc(C(=O)CCC(=O)NCC(C)(C)N2CCOCC2)s1. The highest BCUT2D eigenvalue weighted by Crippen LogP contribution is 2.18. The summed E-state index contributed by atoms with van der Waals surface area (Å²) in [7, 11) is 0. The first-order valence-corrected chi connectivity index (χ1v) is 8.89. The van der Waals surface area contributed by atoms with Crippen molar-refractivity contribution in [2.75, 3.05) is 32.8 Å². The average molecular weight is 338 g/mol. The van der Waals surface area contributed by atoms with Gasteiger partial charge in [-0.2, -0.15) is 0 Å². The highest BCUT2D eigenvalue weighted by Gasteiger charge is 2.28. The molecule has 1 aliphatic heterocycles. The van der Waals surface area contributed by atoms with Crippen molar-refractivity contribution >= 4 is 23.0 Å². The Morgan fingerprint density at radius 3 is 2.57 bits per heavy atom. The molecule has 0 bridgehead atoms. The fourth-order valence-corrected chi connectivity index (χ4v) is 3.45. The first kappa shape index (κ1) is 18.1. The molecular weight excluding hydrogens is 312 g/mol. The lowest BCUT2D eigenvalue weighted by Crippen LogP contribution is -2.55. The van der Waals surface area contributed by atoms with Gasteiger partial charge in [0.15, 0.2) is 5.78 Å². The Morgan fingerprint density at radius 1 is 1.26 bits per heavy atom. The molecule has 23 heavy (non-hydrogen) atoms. The standard InChI is InChI=1S/C17H26N2O3S/c1-13-4-6-15(23-13)14(20)5-7-16(21)18-12-17(2,3)19-8-10-22-11-9-19/h4,6H,5,7-12H2,1-3H3,(H,18,21). The van der Waals surface area contributed by atoms with E-state index in [0.717, 1.165) is 36.1 Å². The van der Waals surface area contributed by atoms with Crippen molar-refractivity contribution in [3.05, 3.63) is 21.9 Å². The Morgan fingerprint density at radius 2 is 1.96 bits per heavy atom. The molecule has 2 heterocycles. The van der Waals surface area contributed by atoms with E-state index in [9.17, 15) is 9.59 Å². The Bertz CT molecular complexity index is 548. The molecule has 0 aromatic carbocycles. The van der Waals surface area contributed by atoms with E-state index in [2.05, 4.69) is 24.1 Å². The van der Waals surface area contributed by atoms with Gasteiger partial charge in [0.2, 0.25) is 5.91 Å². The molecule has 1 amide bonds. The van der Waals surface area contributed by atoms with Gasteiger partial charge in [0.05, 0.1) is 18.1 Å². The maximum atomic E-state index is 12.0. The molecule has 0 saturated carbocycles. The van der Waals surface area contributed by atoms with Crippen LogP contribution in [-0.4, -0.2) is 55.0 Å². The molecular formula is C17H26N2O3S. The van der Waals surface area contributed by atoms with Gasteiger partial charge in [-0.1, -0.05) is 0 Å². The molecule has 1 N–H and O–H groups in total. The van der Waals surface area contributed by atoms with Crippen LogP contribution in [0.15, 0.2) is 12.1 Å². The number of ketones is 1. The zero-order valence-electron chi connectivity index (χ0n) is 14.2. The minimum absolute atomic E-state index is 0.0469. The molecule has 0 atom stereocenters. The minimum atomic E-state index is -0.103. The van der Waals surface area contributed by atoms with E-state index in [0.29, 0.717) is 6.54 Å². The molecule has 1 fully saturated rings. The van der Waals surface area contributed by atoms with Gasteiger partial charge in [0.25, 0.3) is 0 Å². The van der Waals surface area contributed by atoms with Gasteiger partial charge in [-0.25, -0.2) is 0 Å². The van der Waals surface area contributed by atoms with E-state index in [-0.39, 0.29) is 30.1 Å². The van der Waals surface area contributed by atoms with Crippen molar-refractivity contribution in [1.29, 1.82) is 0 Å². The van der Waals surface area contributed by atoms with Crippen LogP contribution in [0.5, 0.6) is 0 Å². The molecule has 0 radical (unpaired) electrons. The average Bonchev–Trinajstić information content (AvgIpc) is 2.98. The van der Waals surface area contributed by atoms with Crippen molar-refractivity contribution in [3.8, 4) is 0 Å². The lowest BCUT2D eigenvalue weighted by Gasteiger charge is -2.40. The van der Waals surface area contributed by atoms with Crippen molar-refractivity contribution in [2.45, 2.75) is 39.2 Å². The Kier molecular flexibility index (Phi) is 6.33. The van der Waals surface area contributed by atoms with Crippen LogP contribution < -0.4 is 5.32 Å². The number of carbonyl (C=O) groups is 2. The number of rotatable bonds is 7. The van der Waals surface area contributed by atoms with E-state index >= 15 is 0 Å². The number of Topliss-reactive ketones (excluding diaryl/α,β-unsaturated/α-hetero) is 1. The van der Waals surface area contributed by atoms with Crippen LogP contribution in [0, 0.1) is 6.92 Å². The second-order valence-corrected chi connectivity index (χ2v) is 7.81. The number of carbonyl (C=O) groups excluding carboxylic acids is 2. The van der Waals surface area contributed by atoms with E-state index in [1.165, 1.54) is 11.3 Å². The van der Waals surface area contributed by atoms with E-state index in [4.69, 9.17) is 4.74 Å². The molecule has 2 rings (SSSR count). The number of hydrogen-bond donors (Lipinski definition) is 1. The lowest BCUT2D eigenvalue weighted by atomic mass is 10.0. The summed E-state index contributed by atoms with van der Waals surface area (Å²) in [6.45, 7) is 10.1. The van der Waals surface area contributed by atoms with Crippen molar-refractivity contribution in [2.24, 2.45) is 0 Å². The quantitative estimate of drug-likeness (QED) is 0.775. The molecule has 128 valence electrons. The van der Waals surface area contributed by atoms with E-state index in [1.54, 1.807) is 0 Å². The fraction of sp³-hybridized carbons (Fsp3) is 0.647. The first-order chi connectivity index (χ1) is 10.9. The number of hydrogen-bond acceptors (Lipinski definition) is 5. The monoisotopic (exact) mass is 338 g/mol. The summed E-state index contributed by atoms with van der Waals surface area (Å²) in [6.07, 6.45) is 0.513. The fourth-order valence-electron chi connectivity index (χ4n) is 2.62. The third kappa shape index (κ3) is 5.41. The van der Waals surface area contributed by atoms with Gasteiger partial charge >= 0.3 is 0 Å². The predicted molar refractivity (Wildman–Crippen MR) is 92.1 cm³/mol. The smallest absolute Gasteiger partial charge is 0.220 e. The Labute approximate surface area is 142 Å². The van der Waals surface area contributed by atoms with Crippen LogP contribution in [0.1, 0.15) is 41.2 Å². The highest BCUT2D eigenvalue weighted by atomic mass is 32.1. The van der Waals surface area contributed by atoms with Crippen LogP contribution in [-0.2, 0) is 9.53 Å². The summed E-state index contributed by atoms with van der Waals surface area (Å²) in [6, 6.07) is 3.77. The van der Waals surface area contributed by atoms with Crippen molar-refractivity contribution < 1.29 is 14.3 Å². The largest absolute Gasteiger partial charge is 0.379 e. The third-order valence-electron chi connectivity index (χ3n) is 4.18. The van der Waals surface area contributed by atoms with Gasteiger partial charge in [0, 0.05) is 42.9 Å². The lowest BCUT2D eigenvalue weighted by molar-refractivity contribution is -0.121. The van der Waals surface area contributed by atoms with Gasteiger partial charge < -0.3 is 10.1 Å². The number of morpholine rings is 1. The molecule has 6 heteroatoms. The molecule has 1 aromatic heterocycles. The zero-order chi connectivity index (χ0) is 16.9. The van der Waals surface area contributed by atoms with Gasteiger partial charge in [-0.05, 0) is 32.9 Å². The highest BCUT2D eigenvalue weighted by molar-refractivity contribution is 7.14. The molecule has 0 unspecified atom stereocenters. The number of nitrogens with zero attached hydrogens (tertiary/aromatic N) is 1. The predicted octanol–water partition coefficient (Wildman–Crippen LogP) is 2.25. The van der Waals surface area contributed by atoms with Crippen LogP contribution in [0.3, 0.4) is 0 Å². The Hall–Kier alpha value is -1.24. The van der Waals surface area contributed by atoms with Gasteiger partial charge in [-0.15, -0.1) is 11.3 Å². The van der Waals surface area contributed by atoms with Crippen molar-refractivity contribution in [3.63, 3.8) is 0 Å². The number of nitrogens with one attached hydrogen (secondary N) is 1. The van der Waals surface area contributed by atoms with Crippen LogP contribution in [0.2, 0.25) is 0 Å². The van der Waals surface area contributed by atoms with Gasteiger partial charge in [0.1, 0.15) is 0 Å². The molecule has 1 saturated heterocycles. The Balaban J connectivity index is 1.73. The summed E-state index contributed by atoms with van der Waals surface area (Å²) in [5.74, 6) is -0.0151. The summed E-state index contributed by atoms with van der Waals surface area (Å²) in [5.41, 5.74) is -0.103. The normalized spacial score (nSPS) is 16.3. The molecule has 0 aliphatic carbocycles. The maximum absolute atomic E-state index is 12.0. The van der Waals surface area contributed by atoms with Crippen LogP contribution in [0.25, 0.3) is 0 Å². The van der Waals surface area contributed by atoms with Gasteiger partial charge in [-0.3, -0.25) is 14.5 Å². The number of aryl methyl sites for hydroxylation is 1. The second-order valence-electron chi connectivity index (χ2n) is 6.52. The van der Waals surface area contributed by atoms with Crippen LogP contribution in [0.4, 0.5) is 0 Å². The maximum Gasteiger partial charge on any atom is 0.220 e. The summed E-state index contributed by atoms with van der Waals surface area (Å²) in [4.78, 5) is 28.2. The third-order valence-corrected chi connectivity index (χ3v) is 5.22. The molecule has 0 spiro atoms. The molecule has 1 aromatic rings. The summed E-state index contributed by atoms with van der Waals surface area (Å²) < 4.78 is 5.36. The second kappa shape index (κ2) is 8.04.